The Bertz CT molecular complexity index is 6290. The van der Waals surface area contributed by atoms with E-state index in [1.54, 1.807) is 0 Å². The van der Waals surface area contributed by atoms with Gasteiger partial charge >= 0.3 is 70.4 Å². The van der Waals surface area contributed by atoms with Crippen molar-refractivity contribution < 1.29 is 49.4 Å². The van der Waals surface area contributed by atoms with Crippen molar-refractivity contribution >= 4 is 216 Å². The van der Waals surface area contributed by atoms with E-state index in [2.05, 4.69) is 291 Å². The normalized spacial score (nSPS) is 22.6. The van der Waals surface area contributed by atoms with Gasteiger partial charge in [-0.1, -0.05) is 583 Å². The van der Waals surface area contributed by atoms with Crippen LogP contribution < -0.4 is 0 Å². The maximum Gasteiger partial charge on any atom is 0.508 e. The van der Waals surface area contributed by atoms with Gasteiger partial charge in [-0.25, -0.2) is 0 Å². The van der Waals surface area contributed by atoms with Gasteiger partial charge in [-0.2, -0.15) is 0 Å². The number of benzene rings is 16. The first-order valence-electron chi connectivity index (χ1n) is 49.3. The second kappa shape index (κ2) is 46.1. The Balaban J connectivity index is 0.825. The highest BCUT2D eigenvalue weighted by Gasteiger charge is 2.82. The van der Waals surface area contributed by atoms with Crippen LogP contribution in [-0.2, 0) is 49.4 Å². The Kier molecular flexibility index (Phi) is 30.7. The first-order chi connectivity index (χ1) is 72.7. The van der Waals surface area contributed by atoms with E-state index in [4.69, 9.17) is 49.4 Å². The van der Waals surface area contributed by atoms with Crippen LogP contribution in [0, 0.1) is 0 Å². The van der Waals surface area contributed by atoms with Crippen LogP contribution in [0.3, 0.4) is 0 Å². The first-order valence-corrected chi connectivity index (χ1v) is 63.7. The minimum Gasteiger partial charge on any atom is -0.367 e. The molecule has 0 spiro atoms. The molecule has 6 saturated heterocycles. The van der Waals surface area contributed by atoms with Crippen molar-refractivity contribution in [3.8, 4) is 0 Å². The highest BCUT2D eigenvalue weighted by atomic mass is 28.6. The van der Waals surface area contributed by atoms with E-state index < -0.39 is 70.4 Å². The van der Waals surface area contributed by atoms with Crippen LogP contribution in [0.4, 0.5) is 0 Å². The molecule has 4 atom stereocenters. The highest BCUT2D eigenvalue weighted by molar-refractivity contribution is 7.08. The van der Waals surface area contributed by atoms with Crippen LogP contribution >= 0.6 is 0 Å². The molecule has 720 valence electrons. The van der Waals surface area contributed by atoms with Crippen molar-refractivity contribution in [2.75, 3.05) is 0 Å². The van der Waals surface area contributed by atoms with Crippen LogP contribution in [0.2, 0.25) is 0 Å². The highest BCUT2D eigenvalue weighted by Crippen LogP contribution is 2.52. The van der Waals surface area contributed by atoms with Crippen LogP contribution in [0.25, 0.3) is 146 Å². The van der Waals surface area contributed by atoms with E-state index in [-0.39, 0.29) is 0 Å². The maximum atomic E-state index is 8.59. The van der Waals surface area contributed by atoms with Crippen molar-refractivity contribution in [2.45, 2.75) is 0 Å². The molecule has 0 saturated carbocycles. The van der Waals surface area contributed by atoms with Crippen molar-refractivity contribution in [3.05, 3.63) is 616 Å². The van der Waals surface area contributed by atoms with Crippen LogP contribution in [0.15, 0.2) is 482 Å². The Morgan fingerprint density at radius 1 is 0.0811 bits per heavy atom. The fourth-order valence-electron chi connectivity index (χ4n) is 17.1. The standard InChI is InChI=1S/C128H104O12Si8/c1-9-25-105(26-10-1)41-49-113-57-73-121(74-58-113)89-97-141-129-142(98-90-122-75-59-114(60-76-122)50-42-106-27-11-2-12-28-106)132-145(101-93-125-81-65-117(66-82-125)53-45-109-33-17-5-18-34-109)134-143(130-141,99-91-123-77-61-115(62-78-123)51-43-107-29-13-3-14-30-107)136-147(103-95-127-85-69-119(70-86-127)55-47-111-37-21-7-22-38-111)137-144(131-141,100-92-124-79-63-116(64-80-124)52-44-108-31-15-4-16-32-108)135-146(133-142,102-94-126-83-67-118(68-84-126)54-46-110-35-19-6-20-36-110)139-148(138-145,140-147)104-96-128-87-71-120(72-88-128)56-48-112-39-23-8-24-40-112/h1-104H/b49-41+,50-42+,51-43+,52-44+,53-45+,54-46+,55-47+,56-48+,97-89-,98-90+,99-91+,100-92+,101-93+,102-94+,103-95?,104-96?. The third-order valence-electron chi connectivity index (χ3n) is 24.9. The predicted molar refractivity (Wildman–Crippen MR) is 626 cm³/mol. The van der Waals surface area contributed by atoms with Gasteiger partial charge in [0.15, 0.2) is 0 Å². The van der Waals surface area contributed by atoms with Crippen LogP contribution in [0.1, 0.15) is 134 Å². The van der Waals surface area contributed by atoms with Gasteiger partial charge in [0.25, 0.3) is 0 Å². The molecule has 8 bridgehead atoms. The van der Waals surface area contributed by atoms with E-state index in [0.717, 1.165) is 134 Å². The second-order valence-electron chi connectivity index (χ2n) is 36.0. The summed E-state index contributed by atoms with van der Waals surface area (Å²) in [5.74, 6) is 0. The van der Waals surface area contributed by atoms with Gasteiger partial charge in [0.05, 0.1) is 0 Å². The fraction of sp³-hybridized carbons (Fsp3) is 0. The quantitative estimate of drug-likeness (QED) is 0.0296. The fourth-order valence-corrected chi connectivity index (χ4v) is 58.8. The van der Waals surface area contributed by atoms with E-state index >= 15 is 0 Å². The van der Waals surface area contributed by atoms with Gasteiger partial charge in [-0.05, 0) is 179 Å². The molecular formula is C128H104O12Si8. The molecule has 16 aromatic carbocycles. The molecule has 12 nitrogen and oxygen atoms in total. The van der Waals surface area contributed by atoms with Gasteiger partial charge in [-0.3, -0.25) is 0 Å². The smallest absolute Gasteiger partial charge is 0.367 e. The SMILES string of the molecule is C(=C[Si]12O[Si]3(C=Cc4ccc(/C=C/c5ccccc5)cc4)O[Si]4(/C=C/c5ccc(/C=C/c6ccccc6)cc5)O[Si](/C=C/c5ccc(/C=C/c6ccccc6)cc5)(O1)O[Si]1(/C=C\c5ccc(/C=C/c6ccccc6)cc5)O[Si](/C=C/c5ccc(/C=C/c6ccccc6)cc5)(O2)O[Si](/C=C/c2ccc(/C=C/c5ccccc5)cc2)(O3)O[Si](/C=C/c2ccc(/C=C/c3ccccc3)cc2)(O1)O4)c1ccc(/C=C/c2ccccc2)cc1. The molecule has 6 aliphatic rings. The van der Waals surface area contributed by atoms with Crippen molar-refractivity contribution in [1.82, 2.24) is 0 Å². The van der Waals surface area contributed by atoms with Gasteiger partial charge < -0.3 is 49.4 Å². The average molecular weight is 2060 g/mol. The second-order valence-corrected chi connectivity index (χ2v) is 58.1. The number of hydrogen-bond donors (Lipinski definition) is 0. The molecule has 6 aliphatic heterocycles. The summed E-state index contributed by atoms with van der Waals surface area (Å²) in [6, 6.07) is 148. The summed E-state index contributed by atoms with van der Waals surface area (Å²) in [4.78, 5) is 0. The molecule has 6 fully saturated rings. The first kappa shape index (κ1) is 98.6. The molecule has 22 rings (SSSR count). The Morgan fingerprint density at radius 3 is 0.230 bits per heavy atom. The predicted octanol–water partition coefficient (Wildman–Crippen LogP) is 31.1. The van der Waals surface area contributed by atoms with E-state index in [1.165, 1.54) is 0 Å². The lowest BCUT2D eigenvalue weighted by atomic mass is 10.1. The lowest BCUT2D eigenvalue weighted by Gasteiger charge is -2.60. The van der Waals surface area contributed by atoms with Gasteiger partial charge in [0.1, 0.15) is 0 Å². The molecule has 4 unspecified atom stereocenters. The molecule has 6 heterocycles. The Labute approximate surface area is 874 Å². The molecule has 0 N–H and O–H groups in total. The van der Waals surface area contributed by atoms with Crippen LogP contribution in [-0.4, -0.2) is 70.4 Å². The summed E-state index contributed by atoms with van der Waals surface area (Å²) in [7, 11) is -41.8. The Hall–Kier alpha value is -15.4. The lowest BCUT2D eigenvalue weighted by Crippen LogP contribution is -2.87. The molecule has 0 aromatic heterocycles. The van der Waals surface area contributed by atoms with E-state index in [0.29, 0.717) is 0 Å². The zero-order valence-corrected chi connectivity index (χ0v) is 88.9. The maximum absolute atomic E-state index is 8.59. The molecular weight excluding hydrogens is 1950 g/mol. The van der Waals surface area contributed by atoms with Gasteiger partial charge in [0.2, 0.25) is 0 Å². The summed E-state index contributed by atoms with van der Waals surface area (Å²) in [6.07, 6.45) is 49.2. The number of hydrogen-bond acceptors (Lipinski definition) is 12. The zero-order valence-electron chi connectivity index (χ0n) is 80.9. The molecule has 0 radical (unpaired) electrons. The number of rotatable bonds is 32. The van der Waals surface area contributed by atoms with Crippen LogP contribution in [0.5, 0.6) is 0 Å². The van der Waals surface area contributed by atoms with Crippen molar-refractivity contribution in [2.24, 2.45) is 0 Å². The monoisotopic (exact) mass is 2060 g/mol. The zero-order chi connectivity index (χ0) is 99.9. The molecule has 0 amide bonds. The van der Waals surface area contributed by atoms with E-state index in [9.17, 15) is 0 Å². The molecule has 148 heavy (non-hydrogen) atoms. The largest absolute Gasteiger partial charge is 0.508 e. The summed E-state index contributed by atoms with van der Waals surface area (Å²) < 4.78 is 103. The van der Waals surface area contributed by atoms with Gasteiger partial charge in [-0.15, -0.1) is 0 Å². The molecule has 20 heteroatoms. The minimum atomic E-state index is -5.22. The molecule has 0 aliphatic carbocycles. The topological polar surface area (TPSA) is 111 Å². The van der Waals surface area contributed by atoms with Crippen molar-refractivity contribution in [3.63, 3.8) is 0 Å². The van der Waals surface area contributed by atoms with Crippen molar-refractivity contribution in [1.29, 1.82) is 0 Å². The summed E-state index contributed by atoms with van der Waals surface area (Å²) >= 11 is 0. The van der Waals surface area contributed by atoms with E-state index in [1.807, 2.05) is 337 Å². The summed E-state index contributed by atoms with van der Waals surface area (Å²) in [5.41, 5.74) is 37.2. The lowest BCUT2D eigenvalue weighted by molar-refractivity contribution is -0.00563. The molecule has 16 aromatic rings. The Morgan fingerprint density at radius 2 is 0.149 bits per heavy atom. The summed E-state index contributed by atoms with van der Waals surface area (Å²) in [5, 5.41) is 0. The third kappa shape index (κ3) is 26.3. The average Bonchev–Trinajstić information content (AvgIpc) is 0.682. The summed E-state index contributed by atoms with van der Waals surface area (Å²) in [6.45, 7) is 0. The van der Waals surface area contributed by atoms with Gasteiger partial charge in [0, 0.05) is 0 Å². The third-order valence-corrected chi connectivity index (χ3v) is 56.8. The minimum absolute atomic E-state index is 0.756.